The van der Waals surface area contributed by atoms with Crippen molar-refractivity contribution in [3.05, 3.63) is 107 Å². The summed E-state index contributed by atoms with van der Waals surface area (Å²) in [6.07, 6.45) is 7.14. The molecule has 0 fully saturated rings. The van der Waals surface area contributed by atoms with Gasteiger partial charge in [-0.1, -0.05) is 42.5 Å². The van der Waals surface area contributed by atoms with Gasteiger partial charge >= 0.3 is 5.97 Å². The zero-order valence-corrected chi connectivity index (χ0v) is 22.6. The van der Waals surface area contributed by atoms with Crippen molar-refractivity contribution in [1.29, 1.82) is 0 Å². The lowest BCUT2D eigenvalue weighted by atomic mass is 9.88. The lowest BCUT2D eigenvalue weighted by Crippen LogP contribution is -2.26. The van der Waals surface area contributed by atoms with Crippen molar-refractivity contribution in [2.75, 3.05) is 11.9 Å². The highest BCUT2D eigenvalue weighted by atomic mass is 16.4. The zero-order chi connectivity index (χ0) is 28.5. The maximum absolute atomic E-state index is 13.6. The first-order valence-corrected chi connectivity index (χ1v) is 13.6. The van der Waals surface area contributed by atoms with Gasteiger partial charge in [-0.05, 0) is 97.7 Å². The second-order valence-corrected chi connectivity index (χ2v) is 10.1. The Morgan fingerprint density at radius 2 is 1.52 bits per heavy atom. The van der Waals surface area contributed by atoms with E-state index < -0.39 is 11.9 Å². The third kappa shape index (κ3) is 7.76. The van der Waals surface area contributed by atoms with E-state index in [1.807, 2.05) is 24.3 Å². The summed E-state index contributed by atoms with van der Waals surface area (Å²) >= 11 is 0. The van der Waals surface area contributed by atoms with Crippen LogP contribution in [0.5, 0.6) is 0 Å². The second-order valence-electron chi connectivity index (χ2n) is 10.1. The molecule has 7 nitrogen and oxygen atoms in total. The molecule has 206 valence electrons. The SMILES string of the molecule is CC(=O)c1ccc(NC(=O)C(Cc2ccc(C(=O)NCCC(=O)O)cc2)c2ccc(C3=CCCCC3)cc2)cc1. The van der Waals surface area contributed by atoms with Gasteiger partial charge in [0.25, 0.3) is 5.91 Å². The molecule has 1 unspecified atom stereocenters. The number of nitrogens with one attached hydrogen (secondary N) is 2. The molecule has 40 heavy (non-hydrogen) atoms. The number of ketones is 1. The van der Waals surface area contributed by atoms with E-state index in [9.17, 15) is 19.2 Å². The number of Topliss-reactive ketones (excluding diaryl/α,β-unsaturated/α-hetero) is 1. The van der Waals surface area contributed by atoms with E-state index in [0.29, 0.717) is 23.2 Å². The summed E-state index contributed by atoms with van der Waals surface area (Å²) in [4.78, 5) is 48.2. The summed E-state index contributed by atoms with van der Waals surface area (Å²) in [5.41, 5.74) is 5.90. The van der Waals surface area contributed by atoms with Crippen LogP contribution in [0.25, 0.3) is 5.57 Å². The van der Waals surface area contributed by atoms with Gasteiger partial charge in [0.15, 0.2) is 5.78 Å². The molecule has 0 radical (unpaired) electrons. The number of amides is 2. The molecular formula is C33H34N2O5. The standard InChI is InChI=1S/C33H34N2O5/c1-22(36)24-15-17-29(18-16-24)35-33(40)30(27-13-11-26(12-14-27)25-5-3-2-4-6-25)21-23-7-9-28(10-8-23)32(39)34-20-19-31(37)38/h5,7-18,30H,2-4,6,19-21H2,1H3,(H,34,39)(H,35,40)(H,37,38). The van der Waals surface area contributed by atoms with Crippen LogP contribution in [-0.4, -0.2) is 35.2 Å². The van der Waals surface area contributed by atoms with Crippen molar-refractivity contribution in [2.24, 2.45) is 0 Å². The van der Waals surface area contributed by atoms with E-state index >= 15 is 0 Å². The first-order chi connectivity index (χ1) is 19.3. The molecule has 1 atom stereocenters. The smallest absolute Gasteiger partial charge is 0.305 e. The van der Waals surface area contributed by atoms with E-state index in [2.05, 4.69) is 28.8 Å². The van der Waals surface area contributed by atoms with Crippen LogP contribution in [0.2, 0.25) is 0 Å². The van der Waals surface area contributed by atoms with Gasteiger partial charge in [0, 0.05) is 23.4 Å². The molecule has 0 aromatic heterocycles. The Kier molecular flexibility index (Phi) is 9.62. The first kappa shape index (κ1) is 28.5. The van der Waals surface area contributed by atoms with Crippen LogP contribution in [0.4, 0.5) is 5.69 Å². The number of rotatable bonds is 11. The molecule has 0 heterocycles. The molecule has 3 aromatic rings. The minimum Gasteiger partial charge on any atom is -0.481 e. The number of carboxylic acid groups (broad SMARTS) is 1. The van der Waals surface area contributed by atoms with Crippen molar-refractivity contribution in [3.8, 4) is 0 Å². The van der Waals surface area contributed by atoms with Crippen molar-refractivity contribution in [2.45, 2.75) is 51.4 Å². The summed E-state index contributed by atoms with van der Waals surface area (Å²) in [7, 11) is 0. The Morgan fingerprint density at radius 1 is 0.850 bits per heavy atom. The number of hydrogen-bond acceptors (Lipinski definition) is 4. The molecule has 4 rings (SSSR count). The number of anilines is 1. The lowest BCUT2D eigenvalue weighted by molar-refractivity contribution is -0.136. The monoisotopic (exact) mass is 538 g/mol. The predicted octanol–water partition coefficient (Wildman–Crippen LogP) is 6.02. The Labute approximate surface area is 234 Å². The summed E-state index contributed by atoms with van der Waals surface area (Å²) in [6, 6.07) is 22.0. The Morgan fingerprint density at radius 3 is 2.12 bits per heavy atom. The van der Waals surface area contributed by atoms with Crippen molar-refractivity contribution in [3.63, 3.8) is 0 Å². The molecule has 3 N–H and O–H groups in total. The van der Waals surface area contributed by atoms with Crippen LogP contribution in [-0.2, 0) is 16.0 Å². The van der Waals surface area contributed by atoms with E-state index in [1.165, 1.54) is 30.9 Å². The molecule has 3 aromatic carbocycles. The van der Waals surface area contributed by atoms with Gasteiger partial charge in [-0.3, -0.25) is 19.2 Å². The molecule has 0 saturated heterocycles. The fraction of sp³-hybridized carbons (Fsp3) is 0.273. The summed E-state index contributed by atoms with van der Waals surface area (Å²) in [5.74, 6) is -2.02. The normalized spacial score (nSPS) is 13.6. The number of carbonyl (C=O) groups excluding carboxylic acids is 3. The van der Waals surface area contributed by atoms with Gasteiger partial charge in [-0.25, -0.2) is 0 Å². The van der Waals surface area contributed by atoms with Crippen molar-refractivity contribution >= 4 is 34.8 Å². The molecule has 1 aliphatic rings. The van der Waals surface area contributed by atoms with Crippen LogP contribution in [0.3, 0.4) is 0 Å². The highest BCUT2D eigenvalue weighted by Gasteiger charge is 2.22. The lowest BCUT2D eigenvalue weighted by Gasteiger charge is -2.19. The van der Waals surface area contributed by atoms with Crippen molar-refractivity contribution in [1.82, 2.24) is 5.32 Å². The van der Waals surface area contributed by atoms with Crippen molar-refractivity contribution < 1.29 is 24.3 Å². The topological polar surface area (TPSA) is 113 Å². The van der Waals surface area contributed by atoms with E-state index in [4.69, 9.17) is 5.11 Å². The minimum absolute atomic E-state index is 0.0389. The number of carboxylic acids is 1. The number of carbonyl (C=O) groups is 4. The summed E-state index contributed by atoms with van der Waals surface area (Å²) < 4.78 is 0. The third-order valence-electron chi connectivity index (χ3n) is 7.13. The van der Waals surface area contributed by atoms with Crippen LogP contribution in [0, 0.1) is 0 Å². The third-order valence-corrected chi connectivity index (χ3v) is 7.13. The maximum Gasteiger partial charge on any atom is 0.305 e. The Hall–Kier alpha value is -4.52. The Bertz CT molecular complexity index is 1390. The molecule has 0 aliphatic heterocycles. The Balaban J connectivity index is 1.53. The predicted molar refractivity (Wildman–Crippen MR) is 155 cm³/mol. The fourth-order valence-corrected chi connectivity index (χ4v) is 4.82. The highest BCUT2D eigenvalue weighted by Crippen LogP contribution is 2.29. The molecule has 7 heteroatoms. The fourth-order valence-electron chi connectivity index (χ4n) is 4.82. The van der Waals surface area contributed by atoms with E-state index in [1.54, 1.807) is 36.4 Å². The van der Waals surface area contributed by atoms with Gasteiger partial charge < -0.3 is 15.7 Å². The quantitative estimate of drug-likeness (QED) is 0.259. The number of hydrogen-bond donors (Lipinski definition) is 3. The number of allylic oxidation sites excluding steroid dienone is 2. The van der Waals surface area contributed by atoms with Gasteiger partial charge in [-0.2, -0.15) is 0 Å². The zero-order valence-electron chi connectivity index (χ0n) is 22.6. The average molecular weight is 539 g/mol. The van der Waals surface area contributed by atoms with Gasteiger partial charge in [-0.15, -0.1) is 0 Å². The molecule has 2 amide bonds. The van der Waals surface area contributed by atoms with E-state index in [0.717, 1.165) is 24.0 Å². The van der Waals surface area contributed by atoms with Crippen LogP contribution in [0.1, 0.15) is 82.4 Å². The second kappa shape index (κ2) is 13.5. The largest absolute Gasteiger partial charge is 0.481 e. The van der Waals surface area contributed by atoms with Gasteiger partial charge in [0.2, 0.25) is 5.91 Å². The van der Waals surface area contributed by atoms with Crippen LogP contribution >= 0.6 is 0 Å². The molecule has 0 saturated carbocycles. The van der Waals surface area contributed by atoms with E-state index in [-0.39, 0.29) is 30.6 Å². The van der Waals surface area contributed by atoms with Crippen LogP contribution < -0.4 is 10.6 Å². The van der Waals surface area contributed by atoms with Gasteiger partial charge in [0.1, 0.15) is 0 Å². The molecule has 1 aliphatic carbocycles. The number of benzene rings is 3. The number of aliphatic carboxylic acids is 1. The molecular weight excluding hydrogens is 504 g/mol. The average Bonchev–Trinajstić information content (AvgIpc) is 2.97. The van der Waals surface area contributed by atoms with Crippen LogP contribution in [0.15, 0.2) is 78.9 Å². The highest BCUT2D eigenvalue weighted by molar-refractivity contribution is 5.98. The summed E-state index contributed by atoms with van der Waals surface area (Å²) in [6.45, 7) is 1.56. The summed E-state index contributed by atoms with van der Waals surface area (Å²) in [5, 5.41) is 14.4. The molecule has 0 spiro atoms. The first-order valence-electron chi connectivity index (χ1n) is 13.6. The minimum atomic E-state index is -0.974. The maximum atomic E-state index is 13.6. The van der Waals surface area contributed by atoms with Gasteiger partial charge in [0.05, 0.1) is 12.3 Å². The molecule has 0 bridgehead atoms.